The second-order valence-corrected chi connectivity index (χ2v) is 12.7. The molecule has 0 spiro atoms. The Morgan fingerprint density at radius 1 is 0.871 bits per heavy atom. The van der Waals surface area contributed by atoms with Crippen LogP contribution in [0.25, 0.3) is 0 Å². The lowest BCUT2D eigenvalue weighted by Gasteiger charge is -2.60. The normalized spacial score (nSPS) is 46.1. The summed E-state index contributed by atoms with van der Waals surface area (Å²) in [4.78, 5) is 0. The molecule has 0 aromatic rings. The molecular weight excluding hydrogens is 384 g/mol. The van der Waals surface area contributed by atoms with Gasteiger partial charge in [0.15, 0.2) is 0 Å². The second-order valence-electron chi connectivity index (χ2n) is 12.7. The van der Waals surface area contributed by atoms with Crippen LogP contribution in [0.4, 0.5) is 0 Å². The van der Waals surface area contributed by atoms with Crippen LogP contribution in [0.1, 0.15) is 105 Å². The highest BCUT2D eigenvalue weighted by molar-refractivity contribution is 6.42. The van der Waals surface area contributed by atoms with E-state index < -0.39 is 0 Å². The number of oxime groups is 2. The van der Waals surface area contributed by atoms with E-state index in [1.807, 2.05) is 0 Å². The van der Waals surface area contributed by atoms with Gasteiger partial charge in [0.25, 0.3) is 0 Å². The van der Waals surface area contributed by atoms with Gasteiger partial charge < -0.3 is 10.4 Å². The third-order valence-corrected chi connectivity index (χ3v) is 10.8. The number of nitrogens with zero attached hydrogens (tertiary/aromatic N) is 2. The van der Waals surface area contributed by atoms with Crippen molar-refractivity contribution in [2.45, 2.75) is 105 Å². The Morgan fingerprint density at radius 3 is 2.26 bits per heavy atom. The van der Waals surface area contributed by atoms with Crippen molar-refractivity contribution in [3.63, 3.8) is 0 Å². The van der Waals surface area contributed by atoms with E-state index in [0.717, 1.165) is 48.3 Å². The summed E-state index contributed by atoms with van der Waals surface area (Å²) in [6.45, 7) is 12.4. The molecule has 0 heterocycles. The molecule has 0 bridgehead atoms. The van der Waals surface area contributed by atoms with Crippen molar-refractivity contribution in [2.75, 3.05) is 0 Å². The van der Waals surface area contributed by atoms with E-state index in [0.29, 0.717) is 22.8 Å². The highest BCUT2D eigenvalue weighted by Gasteiger charge is 2.61. The lowest BCUT2D eigenvalue weighted by atomic mass is 9.44. The zero-order valence-corrected chi connectivity index (χ0v) is 20.6. The smallest absolute Gasteiger partial charge is 0.105 e. The molecule has 0 aromatic carbocycles. The van der Waals surface area contributed by atoms with Gasteiger partial charge in [0.05, 0.1) is 0 Å². The summed E-state index contributed by atoms with van der Waals surface area (Å²) < 4.78 is 0. The Hall–Kier alpha value is -1.06. The molecule has 4 nitrogen and oxygen atoms in total. The van der Waals surface area contributed by atoms with Gasteiger partial charge in [-0.2, -0.15) is 0 Å². The molecule has 8 atom stereocenters. The summed E-state index contributed by atoms with van der Waals surface area (Å²) in [5.74, 6) is 5.53. The first-order chi connectivity index (χ1) is 14.7. The molecule has 0 radical (unpaired) electrons. The van der Waals surface area contributed by atoms with Gasteiger partial charge in [-0.05, 0) is 97.2 Å². The predicted molar refractivity (Wildman–Crippen MR) is 127 cm³/mol. The van der Waals surface area contributed by atoms with Crippen LogP contribution >= 0.6 is 0 Å². The molecule has 0 aromatic heterocycles. The molecule has 0 amide bonds. The van der Waals surface area contributed by atoms with Crippen LogP contribution in [0, 0.1) is 52.3 Å². The lowest BCUT2D eigenvalue weighted by Crippen LogP contribution is -2.55. The van der Waals surface area contributed by atoms with Gasteiger partial charge in [-0.1, -0.05) is 64.2 Å². The minimum absolute atomic E-state index is 0.182. The van der Waals surface area contributed by atoms with Crippen LogP contribution in [0.15, 0.2) is 10.3 Å². The van der Waals surface area contributed by atoms with Crippen molar-refractivity contribution in [3.8, 4) is 0 Å². The van der Waals surface area contributed by atoms with Crippen LogP contribution in [-0.2, 0) is 0 Å². The second kappa shape index (κ2) is 8.71. The fraction of sp³-hybridized carbons (Fsp3) is 0.926. The van der Waals surface area contributed by atoms with Crippen LogP contribution < -0.4 is 0 Å². The molecule has 4 saturated carbocycles. The van der Waals surface area contributed by atoms with Gasteiger partial charge in [-0.25, -0.2) is 0 Å². The molecule has 4 aliphatic rings. The molecule has 0 saturated heterocycles. The van der Waals surface area contributed by atoms with E-state index in [9.17, 15) is 10.4 Å². The standard InChI is InChI=1S/C27H46N2O2/c1-17(2)7-6-8-18(3)21-11-12-22-20-10-9-19-15-24(28-30)25(29-31)16-27(19,5)23(20)13-14-26(21,22)4/h17-23,30-31H,6-16H2,1-5H3/b28-24+,29-25+/t18-,19+,20+,21+,22-,23+,26-,27+/m1/s1. The summed E-state index contributed by atoms with van der Waals surface area (Å²) >= 11 is 0. The Kier molecular flexibility index (Phi) is 6.49. The number of fused-ring (bicyclic) bond motifs is 5. The Morgan fingerprint density at radius 2 is 1.58 bits per heavy atom. The average Bonchev–Trinajstić information content (AvgIpc) is 3.09. The topological polar surface area (TPSA) is 65.2 Å². The highest BCUT2D eigenvalue weighted by atomic mass is 16.4. The van der Waals surface area contributed by atoms with E-state index >= 15 is 0 Å². The highest BCUT2D eigenvalue weighted by Crippen LogP contribution is 2.68. The zero-order chi connectivity index (χ0) is 22.4. The lowest BCUT2D eigenvalue weighted by molar-refractivity contribution is -0.0976. The fourth-order valence-corrected chi connectivity index (χ4v) is 9.18. The van der Waals surface area contributed by atoms with Crippen LogP contribution in [0.5, 0.6) is 0 Å². The maximum atomic E-state index is 9.58. The fourth-order valence-electron chi connectivity index (χ4n) is 9.18. The molecule has 2 N–H and O–H groups in total. The Bertz CT molecular complexity index is 716. The molecule has 4 aliphatic carbocycles. The maximum Gasteiger partial charge on any atom is 0.105 e. The van der Waals surface area contributed by atoms with Gasteiger partial charge in [0.2, 0.25) is 0 Å². The summed E-state index contributed by atoms with van der Waals surface area (Å²) in [7, 11) is 0. The van der Waals surface area contributed by atoms with E-state index in [2.05, 4.69) is 44.9 Å². The van der Waals surface area contributed by atoms with Crippen molar-refractivity contribution in [1.82, 2.24) is 0 Å². The van der Waals surface area contributed by atoms with Gasteiger partial charge in [0.1, 0.15) is 11.4 Å². The first-order valence-corrected chi connectivity index (χ1v) is 13.2. The predicted octanol–water partition coefficient (Wildman–Crippen LogP) is 7.38. The number of hydrogen-bond acceptors (Lipinski definition) is 4. The largest absolute Gasteiger partial charge is 0.411 e. The summed E-state index contributed by atoms with van der Waals surface area (Å²) in [6.07, 6.45) is 13.8. The quantitative estimate of drug-likeness (QED) is 0.353. The third kappa shape index (κ3) is 3.84. The van der Waals surface area contributed by atoms with E-state index in [4.69, 9.17) is 0 Å². The van der Waals surface area contributed by atoms with Gasteiger partial charge in [-0.15, -0.1) is 0 Å². The van der Waals surface area contributed by atoms with E-state index in [1.165, 1.54) is 57.8 Å². The summed E-state index contributed by atoms with van der Waals surface area (Å²) in [6, 6.07) is 0. The van der Waals surface area contributed by atoms with Crippen molar-refractivity contribution in [2.24, 2.45) is 62.6 Å². The van der Waals surface area contributed by atoms with Crippen LogP contribution in [0.3, 0.4) is 0 Å². The number of hydrogen-bond donors (Lipinski definition) is 2. The molecule has 4 rings (SSSR count). The minimum Gasteiger partial charge on any atom is -0.411 e. The van der Waals surface area contributed by atoms with Gasteiger partial charge in [0, 0.05) is 6.42 Å². The maximum absolute atomic E-state index is 9.58. The van der Waals surface area contributed by atoms with Gasteiger partial charge in [-0.3, -0.25) is 0 Å². The van der Waals surface area contributed by atoms with Crippen LogP contribution in [-0.4, -0.2) is 21.8 Å². The molecule has 4 heteroatoms. The minimum atomic E-state index is 0.182. The van der Waals surface area contributed by atoms with E-state index in [1.54, 1.807) is 0 Å². The molecule has 4 fully saturated rings. The third-order valence-electron chi connectivity index (χ3n) is 10.8. The van der Waals surface area contributed by atoms with E-state index in [-0.39, 0.29) is 5.41 Å². The number of rotatable bonds is 5. The molecule has 0 unspecified atom stereocenters. The first kappa shape index (κ1) is 23.1. The molecule has 0 aliphatic heterocycles. The van der Waals surface area contributed by atoms with Crippen molar-refractivity contribution < 1.29 is 10.4 Å². The van der Waals surface area contributed by atoms with Crippen LogP contribution in [0.2, 0.25) is 0 Å². The van der Waals surface area contributed by atoms with Crippen molar-refractivity contribution in [1.29, 1.82) is 0 Å². The zero-order valence-electron chi connectivity index (χ0n) is 20.6. The summed E-state index contributed by atoms with van der Waals surface area (Å²) in [5.41, 5.74) is 1.93. The SMILES string of the molecule is CC(C)CCC[C@@H](C)[C@@H]1CC[C@@H]2[C@@H]3CC[C@H]4CC(=N\O)/C(=N/O)C[C@]4(C)[C@H]3CC[C@@]21C. The van der Waals surface area contributed by atoms with Gasteiger partial charge >= 0.3 is 0 Å². The first-order valence-electron chi connectivity index (χ1n) is 13.2. The summed E-state index contributed by atoms with van der Waals surface area (Å²) in [5, 5.41) is 26.0. The monoisotopic (exact) mass is 430 g/mol. The van der Waals surface area contributed by atoms with Crippen molar-refractivity contribution in [3.05, 3.63) is 0 Å². The molecule has 176 valence electrons. The molecule has 31 heavy (non-hydrogen) atoms. The molecular formula is C27H46N2O2. The Labute approximate surface area is 189 Å². The Balaban J connectivity index is 1.50. The average molecular weight is 431 g/mol. The van der Waals surface area contributed by atoms with Crippen molar-refractivity contribution >= 4 is 11.4 Å².